The predicted molar refractivity (Wildman–Crippen MR) is 57.5 cm³/mol. The maximum absolute atomic E-state index is 6.88. The van der Waals surface area contributed by atoms with Crippen LogP contribution in [0.2, 0.25) is 5.15 Å². The zero-order chi connectivity index (χ0) is 9.97. The van der Waals surface area contributed by atoms with E-state index in [2.05, 4.69) is 9.83 Å². The zero-order valence-corrected chi connectivity index (χ0v) is 8.05. The van der Waals surface area contributed by atoms with Crippen LogP contribution < -0.4 is 0 Å². The van der Waals surface area contributed by atoms with E-state index in [4.69, 9.17) is 18.2 Å². The number of benzene rings is 1. The second-order valence-electron chi connectivity index (χ2n) is 2.86. The number of halogens is 1. The van der Waals surface area contributed by atoms with E-state index in [0.717, 1.165) is 11.3 Å². The van der Waals surface area contributed by atoms with Crippen molar-refractivity contribution in [2.24, 2.45) is 0 Å². The van der Waals surface area contributed by atoms with E-state index in [1.807, 2.05) is 30.3 Å². The molecule has 0 radical (unpaired) electrons. The van der Waals surface area contributed by atoms with E-state index in [1.165, 1.54) is 0 Å². The summed E-state index contributed by atoms with van der Waals surface area (Å²) in [6.45, 7) is 6.88. The molecule has 0 aliphatic carbocycles. The molecule has 0 atom stereocenters. The molecule has 3 heteroatoms. The lowest BCUT2D eigenvalue weighted by Gasteiger charge is -1.95. The normalized spacial score (nSPS) is 9.71. The van der Waals surface area contributed by atoms with Gasteiger partial charge in [0.2, 0.25) is 5.69 Å². The van der Waals surface area contributed by atoms with Crippen molar-refractivity contribution < 1.29 is 0 Å². The Morgan fingerprint density at radius 2 is 1.93 bits per heavy atom. The summed E-state index contributed by atoms with van der Waals surface area (Å²) >= 11 is 5.83. The van der Waals surface area contributed by atoms with Crippen LogP contribution in [0.1, 0.15) is 0 Å². The van der Waals surface area contributed by atoms with Crippen LogP contribution in [-0.2, 0) is 0 Å². The molecule has 0 saturated carbocycles. The van der Waals surface area contributed by atoms with Gasteiger partial charge in [-0.25, -0.2) is 4.85 Å². The Morgan fingerprint density at radius 1 is 1.21 bits per heavy atom. The second-order valence-corrected chi connectivity index (χ2v) is 3.24. The van der Waals surface area contributed by atoms with E-state index in [9.17, 15) is 0 Å². The highest BCUT2D eigenvalue weighted by Gasteiger charge is 2.06. The first-order chi connectivity index (χ1) is 6.81. The van der Waals surface area contributed by atoms with Crippen LogP contribution in [0, 0.1) is 6.57 Å². The van der Waals surface area contributed by atoms with Crippen LogP contribution in [0.25, 0.3) is 16.1 Å². The summed E-state index contributed by atoms with van der Waals surface area (Å²) in [5, 5.41) is 0.402. The lowest BCUT2D eigenvalue weighted by Crippen LogP contribution is -1.74. The highest BCUT2D eigenvalue weighted by molar-refractivity contribution is 6.32. The summed E-state index contributed by atoms with van der Waals surface area (Å²) < 4.78 is 0. The van der Waals surface area contributed by atoms with Crippen molar-refractivity contribution >= 4 is 17.3 Å². The fourth-order valence-electron chi connectivity index (χ4n) is 1.27. The van der Waals surface area contributed by atoms with Gasteiger partial charge >= 0.3 is 0 Å². The van der Waals surface area contributed by atoms with E-state index < -0.39 is 0 Å². The van der Waals surface area contributed by atoms with Crippen molar-refractivity contribution in [3.63, 3.8) is 0 Å². The number of nitrogens with one attached hydrogen (secondary N) is 1. The van der Waals surface area contributed by atoms with Gasteiger partial charge in [-0.3, -0.25) is 0 Å². The summed E-state index contributed by atoms with van der Waals surface area (Å²) in [5.74, 6) is 0. The predicted octanol–water partition coefficient (Wildman–Crippen LogP) is 3.89. The number of nitrogens with zero attached hydrogens (tertiary/aromatic N) is 1. The third kappa shape index (κ3) is 1.50. The zero-order valence-electron chi connectivity index (χ0n) is 7.29. The molecule has 14 heavy (non-hydrogen) atoms. The number of rotatable bonds is 1. The van der Waals surface area contributed by atoms with Gasteiger partial charge in [-0.05, 0) is 11.6 Å². The number of hydrogen-bond acceptors (Lipinski definition) is 0. The first-order valence-corrected chi connectivity index (χ1v) is 4.50. The van der Waals surface area contributed by atoms with Gasteiger partial charge in [-0.15, -0.1) is 0 Å². The summed E-state index contributed by atoms with van der Waals surface area (Å²) in [4.78, 5) is 6.27. The van der Waals surface area contributed by atoms with E-state index in [0.29, 0.717) is 10.8 Å². The van der Waals surface area contributed by atoms with Gasteiger partial charge < -0.3 is 4.98 Å². The highest BCUT2D eigenvalue weighted by atomic mass is 35.5. The maximum atomic E-state index is 6.88. The Balaban J connectivity index is 2.50. The number of hydrogen-bond donors (Lipinski definition) is 1. The van der Waals surface area contributed by atoms with Gasteiger partial charge in [-0.2, -0.15) is 0 Å². The van der Waals surface area contributed by atoms with Crippen LogP contribution in [0.3, 0.4) is 0 Å². The summed E-state index contributed by atoms with van der Waals surface area (Å²) in [7, 11) is 0. The smallest absolute Gasteiger partial charge is 0.223 e. The molecule has 2 aromatic rings. The fourth-order valence-corrected chi connectivity index (χ4v) is 1.47. The summed E-state index contributed by atoms with van der Waals surface area (Å²) in [6, 6.07) is 11.5. The molecule has 1 N–H and O–H groups in total. The Labute approximate surface area is 87.0 Å². The van der Waals surface area contributed by atoms with Crippen molar-refractivity contribution in [2.75, 3.05) is 0 Å². The topological polar surface area (TPSA) is 20.1 Å². The molecule has 1 aromatic carbocycles. The molecule has 2 rings (SSSR count). The molecule has 0 aliphatic rings. The van der Waals surface area contributed by atoms with Gasteiger partial charge in [0.05, 0.1) is 6.57 Å². The monoisotopic (exact) mass is 202 g/mol. The minimum absolute atomic E-state index is 0.402. The maximum Gasteiger partial charge on any atom is 0.223 e. The van der Waals surface area contributed by atoms with Crippen LogP contribution >= 0.6 is 11.6 Å². The van der Waals surface area contributed by atoms with E-state index in [1.54, 1.807) is 6.07 Å². The molecule has 1 aromatic heterocycles. The third-order valence-electron chi connectivity index (χ3n) is 1.96. The molecule has 0 bridgehead atoms. The standard InChI is InChI=1S/C11H7ClN2/c1-13-10-7-9(14-11(10)12)8-5-3-2-4-6-8/h2-7,14H. The lowest BCUT2D eigenvalue weighted by atomic mass is 10.2. The molecule has 0 saturated heterocycles. The molecule has 0 amide bonds. The Bertz CT molecular complexity index is 480. The molecule has 68 valence electrons. The quantitative estimate of drug-likeness (QED) is 0.678. The first-order valence-electron chi connectivity index (χ1n) is 4.12. The Morgan fingerprint density at radius 3 is 2.50 bits per heavy atom. The summed E-state index contributed by atoms with van der Waals surface area (Å²) in [5.41, 5.74) is 2.37. The Hall–Kier alpha value is -1.72. The van der Waals surface area contributed by atoms with Gasteiger partial charge in [0.1, 0.15) is 5.15 Å². The van der Waals surface area contributed by atoms with Crippen LogP contribution in [0.15, 0.2) is 36.4 Å². The molecule has 0 unspecified atom stereocenters. The highest BCUT2D eigenvalue weighted by Crippen LogP contribution is 2.30. The van der Waals surface area contributed by atoms with Crippen molar-refractivity contribution in [2.45, 2.75) is 0 Å². The van der Waals surface area contributed by atoms with Crippen molar-refractivity contribution in [1.82, 2.24) is 4.98 Å². The van der Waals surface area contributed by atoms with Crippen molar-refractivity contribution in [1.29, 1.82) is 0 Å². The average molecular weight is 203 g/mol. The van der Waals surface area contributed by atoms with Crippen LogP contribution in [0.5, 0.6) is 0 Å². The van der Waals surface area contributed by atoms with Crippen molar-refractivity contribution in [3.05, 3.63) is 53.0 Å². The average Bonchev–Trinajstić information content (AvgIpc) is 2.61. The fraction of sp³-hybridized carbons (Fsp3) is 0. The largest absolute Gasteiger partial charge is 0.355 e. The van der Waals surface area contributed by atoms with Gasteiger partial charge in [0, 0.05) is 5.69 Å². The number of aromatic amines is 1. The third-order valence-corrected chi connectivity index (χ3v) is 2.24. The Kier molecular flexibility index (Phi) is 2.26. The lowest BCUT2D eigenvalue weighted by molar-refractivity contribution is 1.40. The van der Waals surface area contributed by atoms with Gasteiger partial charge in [0.25, 0.3) is 0 Å². The first kappa shape index (κ1) is 8.86. The summed E-state index contributed by atoms with van der Waals surface area (Å²) in [6.07, 6.45) is 0. The molecule has 0 spiro atoms. The molecule has 1 heterocycles. The van der Waals surface area contributed by atoms with Crippen LogP contribution in [0.4, 0.5) is 5.69 Å². The molecule has 0 fully saturated rings. The minimum Gasteiger partial charge on any atom is -0.355 e. The number of H-pyrrole nitrogens is 1. The molecular formula is C11H7ClN2. The second kappa shape index (κ2) is 3.57. The van der Waals surface area contributed by atoms with Gasteiger partial charge in [0.15, 0.2) is 0 Å². The molecule has 0 aliphatic heterocycles. The van der Waals surface area contributed by atoms with E-state index in [-0.39, 0.29) is 0 Å². The van der Waals surface area contributed by atoms with Gasteiger partial charge in [-0.1, -0.05) is 41.9 Å². The molecular weight excluding hydrogens is 196 g/mol. The SMILES string of the molecule is [C-]#[N+]c1cc(-c2ccccc2)[nH]c1Cl. The molecule has 2 nitrogen and oxygen atoms in total. The minimum atomic E-state index is 0.402. The van der Waals surface area contributed by atoms with Crippen LogP contribution in [-0.4, -0.2) is 4.98 Å². The number of aromatic nitrogens is 1. The van der Waals surface area contributed by atoms with Crippen molar-refractivity contribution in [3.8, 4) is 11.3 Å². The van der Waals surface area contributed by atoms with E-state index >= 15 is 0 Å².